The van der Waals surface area contributed by atoms with E-state index >= 15 is 0 Å². The molecule has 0 radical (unpaired) electrons. The molecule has 200 valence electrons. The van der Waals surface area contributed by atoms with Crippen molar-refractivity contribution in [3.63, 3.8) is 0 Å². The van der Waals surface area contributed by atoms with E-state index in [2.05, 4.69) is 10.6 Å². The van der Waals surface area contributed by atoms with Gasteiger partial charge in [-0.25, -0.2) is 12.7 Å². The molecule has 0 spiro atoms. The average Bonchev–Trinajstić information content (AvgIpc) is 2.87. The Bertz CT molecular complexity index is 1010. The van der Waals surface area contributed by atoms with Crippen molar-refractivity contribution in [2.75, 3.05) is 32.5 Å². The number of benzene rings is 2. The maximum Gasteiger partial charge on any atom is 0.221 e. The monoisotopic (exact) mass is 519 g/mol. The molecule has 2 unspecified atom stereocenters. The molecule has 0 heterocycles. The van der Waals surface area contributed by atoms with Crippen molar-refractivity contribution < 1.29 is 23.1 Å². The number of nitrogens with zero attached hydrogens (tertiary/aromatic N) is 1. The summed E-state index contributed by atoms with van der Waals surface area (Å²) in [5, 5.41) is 17.0. The summed E-state index contributed by atoms with van der Waals surface area (Å²) in [7, 11) is -1.91. The number of carbonyl (C=O) groups excluding carboxylic acids is 1. The smallest absolute Gasteiger partial charge is 0.221 e. The quantitative estimate of drug-likeness (QED) is 0.297. The van der Waals surface area contributed by atoms with Crippen LogP contribution in [0.4, 0.5) is 0 Å². The van der Waals surface area contributed by atoms with Gasteiger partial charge in [0.1, 0.15) is 5.75 Å². The number of aliphatic hydroxyl groups excluding tert-OH is 1. The van der Waals surface area contributed by atoms with Gasteiger partial charge in [-0.1, -0.05) is 56.3 Å². The van der Waals surface area contributed by atoms with Gasteiger partial charge >= 0.3 is 0 Å². The third-order valence-electron chi connectivity index (χ3n) is 5.85. The molecule has 2 atom stereocenters. The Labute approximate surface area is 216 Å². The third kappa shape index (κ3) is 10.3. The normalized spacial score (nSPS) is 13.4. The molecule has 0 aromatic heterocycles. The fraction of sp³-hybridized carbons (Fsp3) is 0.519. The fourth-order valence-corrected chi connectivity index (χ4v) is 5.58. The number of amides is 1. The largest absolute Gasteiger partial charge is 0.497 e. The minimum absolute atomic E-state index is 0.151. The number of rotatable bonds is 17. The first-order valence-electron chi connectivity index (χ1n) is 12.6. The number of hydrogen-bond acceptors (Lipinski definition) is 6. The van der Waals surface area contributed by atoms with E-state index in [1.165, 1.54) is 4.31 Å². The number of ether oxygens (including phenoxy) is 1. The Hall–Kier alpha value is -2.46. The molecule has 8 nitrogen and oxygen atoms in total. The summed E-state index contributed by atoms with van der Waals surface area (Å²) in [6.45, 7) is 5.56. The van der Waals surface area contributed by atoms with E-state index in [-0.39, 0.29) is 24.6 Å². The van der Waals surface area contributed by atoms with Crippen LogP contribution in [0.5, 0.6) is 5.75 Å². The second-order valence-corrected chi connectivity index (χ2v) is 11.0. The highest BCUT2D eigenvalue weighted by molar-refractivity contribution is 7.89. The van der Waals surface area contributed by atoms with E-state index in [9.17, 15) is 18.3 Å². The van der Waals surface area contributed by atoms with Crippen LogP contribution in [0.3, 0.4) is 0 Å². The summed E-state index contributed by atoms with van der Waals surface area (Å²) in [4.78, 5) is 12.8. The van der Waals surface area contributed by atoms with Crippen molar-refractivity contribution >= 4 is 15.9 Å². The first-order chi connectivity index (χ1) is 17.3. The molecule has 1 amide bonds. The lowest BCUT2D eigenvalue weighted by atomic mass is 10.0. The predicted octanol–water partition coefficient (Wildman–Crippen LogP) is 2.72. The van der Waals surface area contributed by atoms with Gasteiger partial charge in [-0.3, -0.25) is 4.79 Å². The summed E-state index contributed by atoms with van der Waals surface area (Å²) in [5.74, 6) is 0.121. The van der Waals surface area contributed by atoms with Crippen molar-refractivity contribution in [1.29, 1.82) is 0 Å². The van der Waals surface area contributed by atoms with E-state index in [0.717, 1.165) is 29.7 Å². The summed E-state index contributed by atoms with van der Waals surface area (Å²) < 4.78 is 32.2. The number of hydrogen-bond donors (Lipinski definition) is 3. The second kappa shape index (κ2) is 15.6. The number of carbonyl (C=O) groups is 1. The van der Waals surface area contributed by atoms with Crippen molar-refractivity contribution in [2.45, 2.75) is 58.2 Å². The number of aliphatic hydroxyl groups is 1. The second-order valence-electron chi connectivity index (χ2n) is 8.88. The summed E-state index contributed by atoms with van der Waals surface area (Å²) >= 11 is 0. The van der Waals surface area contributed by atoms with Crippen LogP contribution in [-0.4, -0.2) is 68.4 Å². The topological polar surface area (TPSA) is 108 Å². The first kappa shape index (κ1) is 29.8. The molecule has 2 aromatic rings. The van der Waals surface area contributed by atoms with Gasteiger partial charge in [0.05, 0.1) is 25.0 Å². The summed E-state index contributed by atoms with van der Waals surface area (Å²) in [5.41, 5.74) is 1.98. The molecule has 0 aliphatic carbocycles. The minimum Gasteiger partial charge on any atom is -0.497 e. The summed E-state index contributed by atoms with van der Waals surface area (Å²) in [6, 6.07) is 16.7. The van der Waals surface area contributed by atoms with Crippen LogP contribution in [0.25, 0.3) is 0 Å². The maximum absolute atomic E-state index is 12.8. The SMILES string of the molecule is CCCN(CCC)S(=O)(=O)CCC(=O)NC(Cc1ccccc1)C(O)CNCc1cccc(OC)c1. The summed E-state index contributed by atoms with van der Waals surface area (Å²) in [6.07, 6.45) is 0.854. The van der Waals surface area contributed by atoms with E-state index in [1.807, 2.05) is 68.4 Å². The van der Waals surface area contributed by atoms with Gasteiger partial charge < -0.3 is 20.5 Å². The number of sulfonamides is 1. The molecule has 2 rings (SSSR count). The van der Waals surface area contributed by atoms with E-state index in [0.29, 0.717) is 26.1 Å². The van der Waals surface area contributed by atoms with Crippen LogP contribution in [0.1, 0.15) is 44.2 Å². The highest BCUT2D eigenvalue weighted by atomic mass is 32.2. The lowest BCUT2D eigenvalue weighted by molar-refractivity contribution is -0.122. The maximum atomic E-state index is 12.8. The van der Waals surface area contributed by atoms with Gasteiger partial charge in [-0.05, 0) is 42.5 Å². The van der Waals surface area contributed by atoms with Gasteiger partial charge in [-0.15, -0.1) is 0 Å². The molecule has 0 aliphatic heterocycles. The molecule has 36 heavy (non-hydrogen) atoms. The van der Waals surface area contributed by atoms with Crippen molar-refractivity contribution in [3.8, 4) is 5.75 Å². The van der Waals surface area contributed by atoms with Gasteiger partial charge in [-0.2, -0.15) is 0 Å². The average molecular weight is 520 g/mol. The molecule has 0 saturated carbocycles. The lowest BCUT2D eigenvalue weighted by Gasteiger charge is -2.25. The first-order valence-corrected chi connectivity index (χ1v) is 14.2. The Morgan fingerprint density at radius 1 is 1.03 bits per heavy atom. The van der Waals surface area contributed by atoms with Gasteiger partial charge in [0.15, 0.2) is 0 Å². The van der Waals surface area contributed by atoms with E-state index < -0.39 is 22.2 Å². The molecule has 0 aliphatic rings. The van der Waals surface area contributed by atoms with Crippen molar-refractivity contribution in [3.05, 3.63) is 65.7 Å². The molecular formula is C27H41N3O5S. The molecule has 3 N–H and O–H groups in total. The van der Waals surface area contributed by atoms with Crippen LogP contribution in [0.15, 0.2) is 54.6 Å². The van der Waals surface area contributed by atoms with E-state index in [1.54, 1.807) is 7.11 Å². The van der Waals surface area contributed by atoms with Gasteiger partial charge in [0.2, 0.25) is 15.9 Å². The fourth-order valence-electron chi connectivity index (χ4n) is 3.96. The molecular weight excluding hydrogens is 478 g/mol. The Kier molecular flexibility index (Phi) is 12.9. The predicted molar refractivity (Wildman–Crippen MR) is 143 cm³/mol. The molecule has 0 saturated heterocycles. The van der Waals surface area contributed by atoms with Crippen molar-refractivity contribution in [1.82, 2.24) is 14.9 Å². The lowest BCUT2D eigenvalue weighted by Crippen LogP contribution is -2.49. The van der Waals surface area contributed by atoms with Crippen LogP contribution in [0.2, 0.25) is 0 Å². The standard InChI is InChI=1S/C27H41N3O5S/c1-4-15-30(16-5-2)36(33,34)17-14-27(32)29-25(19-22-10-7-6-8-11-22)26(31)21-28-20-23-12-9-13-24(18-23)35-3/h6-13,18,25-26,28,31H,4-5,14-17,19-21H2,1-3H3,(H,29,32). The molecule has 0 fully saturated rings. The Morgan fingerprint density at radius 3 is 2.33 bits per heavy atom. The Morgan fingerprint density at radius 2 is 1.69 bits per heavy atom. The van der Waals surface area contributed by atoms with Gasteiger partial charge in [0, 0.05) is 32.6 Å². The van der Waals surface area contributed by atoms with Crippen LogP contribution < -0.4 is 15.4 Å². The van der Waals surface area contributed by atoms with Gasteiger partial charge in [0.25, 0.3) is 0 Å². The number of methoxy groups -OCH3 is 1. The van der Waals surface area contributed by atoms with Crippen molar-refractivity contribution in [2.24, 2.45) is 0 Å². The highest BCUT2D eigenvalue weighted by Crippen LogP contribution is 2.13. The third-order valence-corrected chi connectivity index (χ3v) is 7.72. The zero-order chi connectivity index (χ0) is 26.4. The van der Waals surface area contributed by atoms with Crippen LogP contribution in [-0.2, 0) is 27.8 Å². The molecule has 2 aromatic carbocycles. The molecule has 9 heteroatoms. The number of nitrogens with one attached hydrogen (secondary N) is 2. The zero-order valence-electron chi connectivity index (χ0n) is 21.7. The molecule has 0 bridgehead atoms. The minimum atomic E-state index is -3.52. The van der Waals surface area contributed by atoms with E-state index in [4.69, 9.17) is 4.74 Å². The van der Waals surface area contributed by atoms with Crippen LogP contribution >= 0.6 is 0 Å². The Balaban J connectivity index is 1.99. The zero-order valence-corrected chi connectivity index (χ0v) is 22.5. The van der Waals surface area contributed by atoms with Crippen LogP contribution in [0, 0.1) is 0 Å². The highest BCUT2D eigenvalue weighted by Gasteiger charge is 2.25.